The van der Waals surface area contributed by atoms with Gasteiger partial charge in [0.05, 0.1) is 12.0 Å². The molecule has 0 aromatic carbocycles. The van der Waals surface area contributed by atoms with Gasteiger partial charge in [-0.2, -0.15) is 5.26 Å². The first-order valence-corrected chi connectivity index (χ1v) is 3.55. The van der Waals surface area contributed by atoms with Gasteiger partial charge in [0.25, 0.3) is 0 Å². The molecule has 0 spiro atoms. The van der Waals surface area contributed by atoms with E-state index in [-0.39, 0.29) is 0 Å². The zero-order valence-corrected chi connectivity index (χ0v) is 5.38. The lowest BCUT2D eigenvalue weighted by molar-refractivity contribution is 0.0904. The van der Waals surface area contributed by atoms with Crippen molar-refractivity contribution in [1.82, 2.24) is 4.90 Å². The monoisotopic (exact) mass is 122 g/mol. The maximum atomic E-state index is 8.56. The lowest BCUT2D eigenvalue weighted by Gasteiger charge is -2.39. The van der Waals surface area contributed by atoms with Crippen molar-refractivity contribution in [2.24, 2.45) is 5.92 Å². The van der Waals surface area contributed by atoms with E-state index < -0.39 is 0 Å². The molecule has 0 N–H and O–H groups in total. The van der Waals surface area contributed by atoms with Gasteiger partial charge in [0.1, 0.15) is 0 Å². The summed E-state index contributed by atoms with van der Waals surface area (Å²) in [6, 6.07) is 2.98. The molecule has 2 nitrogen and oxygen atoms in total. The van der Waals surface area contributed by atoms with E-state index in [1.807, 2.05) is 0 Å². The summed E-state index contributed by atoms with van der Waals surface area (Å²) in [7, 11) is 0. The van der Waals surface area contributed by atoms with Crippen molar-refractivity contribution in [3.63, 3.8) is 0 Å². The van der Waals surface area contributed by atoms with Crippen molar-refractivity contribution < 1.29 is 0 Å². The second-order valence-corrected chi connectivity index (χ2v) is 2.94. The summed E-state index contributed by atoms with van der Waals surface area (Å²) in [5.41, 5.74) is 0. The summed E-state index contributed by atoms with van der Waals surface area (Å²) in [6.07, 6.45) is 2.57. The van der Waals surface area contributed by atoms with Crippen molar-refractivity contribution >= 4 is 0 Å². The molecule has 0 amide bonds. The van der Waals surface area contributed by atoms with Crippen molar-refractivity contribution in [2.75, 3.05) is 13.1 Å². The van der Waals surface area contributed by atoms with Gasteiger partial charge in [0.15, 0.2) is 0 Å². The summed E-state index contributed by atoms with van der Waals surface area (Å²) in [4.78, 5) is 2.41. The van der Waals surface area contributed by atoms with Crippen molar-refractivity contribution in [1.29, 1.82) is 5.26 Å². The highest BCUT2D eigenvalue weighted by molar-refractivity contribution is 5.05. The summed E-state index contributed by atoms with van der Waals surface area (Å²) in [5, 5.41) is 8.56. The average molecular weight is 122 g/mol. The molecule has 0 bridgehead atoms. The highest BCUT2D eigenvalue weighted by Crippen LogP contribution is 2.32. The van der Waals surface area contributed by atoms with Crippen LogP contribution in [0.5, 0.6) is 0 Å². The highest BCUT2D eigenvalue weighted by Gasteiger charge is 2.41. The van der Waals surface area contributed by atoms with Gasteiger partial charge in [-0.3, -0.25) is 4.90 Å². The zero-order chi connectivity index (χ0) is 6.27. The van der Waals surface area contributed by atoms with Crippen LogP contribution in [0, 0.1) is 17.2 Å². The standard InChI is InChI=1S/C7H10N2/c8-4-6-5-9-3-1-2-7(6)9/h6-7H,1-3,5H2/t6?,7-/m0/s1. The van der Waals surface area contributed by atoms with Gasteiger partial charge in [-0.05, 0) is 19.4 Å². The predicted molar refractivity (Wildman–Crippen MR) is 33.7 cm³/mol. The van der Waals surface area contributed by atoms with E-state index in [1.165, 1.54) is 19.4 Å². The van der Waals surface area contributed by atoms with Crippen molar-refractivity contribution in [2.45, 2.75) is 18.9 Å². The first-order chi connectivity index (χ1) is 4.42. The fourth-order valence-corrected chi connectivity index (χ4v) is 1.90. The molecule has 9 heavy (non-hydrogen) atoms. The average Bonchev–Trinajstić information content (AvgIpc) is 2.14. The second-order valence-electron chi connectivity index (χ2n) is 2.94. The third kappa shape index (κ3) is 0.585. The normalized spacial score (nSPS) is 41.2. The molecular weight excluding hydrogens is 112 g/mol. The Kier molecular flexibility index (Phi) is 1.000. The predicted octanol–water partition coefficient (Wildman–Crippen LogP) is 0.604. The molecule has 0 aliphatic carbocycles. The molecule has 2 fully saturated rings. The molecule has 1 unspecified atom stereocenters. The van der Waals surface area contributed by atoms with E-state index in [2.05, 4.69) is 11.0 Å². The molecule has 0 aromatic rings. The van der Waals surface area contributed by atoms with Gasteiger partial charge in [-0.15, -0.1) is 0 Å². The summed E-state index contributed by atoms with van der Waals surface area (Å²) in [5.74, 6) is 0.368. The first-order valence-electron chi connectivity index (χ1n) is 3.55. The van der Waals surface area contributed by atoms with Crippen LogP contribution < -0.4 is 0 Å². The topological polar surface area (TPSA) is 27.0 Å². The third-order valence-electron chi connectivity index (χ3n) is 2.48. The van der Waals surface area contributed by atoms with Crippen LogP contribution in [-0.4, -0.2) is 24.0 Å². The Labute approximate surface area is 55.1 Å². The number of rotatable bonds is 0. The van der Waals surface area contributed by atoms with Crippen LogP contribution in [0.2, 0.25) is 0 Å². The molecule has 0 saturated carbocycles. The van der Waals surface area contributed by atoms with Crippen LogP contribution in [0.15, 0.2) is 0 Å². The molecular formula is C7H10N2. The first kappa shape index (κ1) is 5.25. The summed E-state index contributed by atoms with van der Waals surface area (Å²) >= 11 is 0. The van der Waals surface area contributed by atoms with Crippen LogP contribution >= 0.6 is 0 Å². The fourth-order valence-electron chi connectivity index (χ4n) is 1.90. The summed E-state index contributed by atoms with van der Waals surface area (Å²) < 4.78 is 0. The fraction of sp³-hybridized carbons (Fsp3) is 0.857. The molecule has 2 atom stereocenters. The second kappa shape index (κ2) is 1.71. The molecule has 2 saturated heterocycles. The van der Waals surface area contributed by atoms with Gasteiger partial charge in [0.2, 0.25) is 0 Å². The van der Waals surface area contributed by atoms with E-state index in [1.54, 1.807) is 0 Å². The number of fused-ring (bicyclic) bond motifs is 1. The van der Waals surface area contributed by atoms with E-state index in [0.717, 1.165) is 6.54 Å². The van der Waals surface area contributed by atoms with Crippen molar-refractivity contribution in [3.05, 3.63) is 0 Å². The largest absolute Gasteiger partial charge is 0.298 e. The Balaban J connectivity index is 2.02. The van der Waals surface area contributed by atoms with E-state index in [9.17, 15) is 0 Å². The SMILES string of the molecule is N#CC1CN2CCC[C@@H]12. The number of hydrogen-bond acceptors (Lipinski definition) is 2. The van der Waals surface area contributed by atoms with E-state index in [4.69, 9.17) is 5.26 Å². The van der Waals surface area contributed by atoms with Gasteiger partial charge < -0.3 is 0 Å². The maximum Gasteiger partial charge on any atom is 0.0745 e. The van der Waals surface area contributed by atoms with Crippen LogP contribution in [0.3, 0.4) is 0 Å². The van der Waals surface area contributed by atoms with Gasteiger partial charge >= 0.3 is 0 Å². The molecule has 2 heterocycles. The minimum Gasteiger partial charge on any atom is -0.298 e. The molecule has 48 valence electrons. The molecule has 2 rings (SSSR count). The van der Waals surface area contributed by atoms with Crippen molar-refractivity contribution in [3.8, 4) is 6.07 Å². The lowest BCUT2D eigenvalue weighted by atomic mass is 9.91. The molecule has 0 aromatic heterocycles. The quantitative estimate of drug-likeness (QED) is 0.470. The van der Waals surface area contributed by atoms with Gasteiger partial charge in [-0.25, -0.2) is 0 Å². The molecule has 2 aliphatic heterocycles. The Bertz CT molecular complexity index is 159. The number of nitriles is 1. The van der Waals surface area contributed by atoms with E-state index >= 15 is 0 Å². The zero-order valence-electron chi connectivity index (χ0n) is 5.38. The van der Waals surface area contributed by atoms with Crippen LogP contribution in [-0.2, 0) is 0 Å². The minimum atomic E-state index is 0.368. The Morgan fingerprint density at radius 3 is 3.11 bits per heavy atom. The Hall–Kier alpha value is -0.550. The number of nitrogens with zero attached hydrogens (tertiary/aromatic N) is 2. The van der Waals surface area contributed by atoms with Gasteiger partial charge in [-0.1, -0.05) is 0 Å². The van der Waals surface area contributed by atoms with Crippen LogP contribution in [0.4, 0.5) is 0 Å². The third-order valence-corrected chi connectivity index (χ3v) is 2.48. The molecule has 0 radical (unpaired) electrons. The van der Waals surface area contributed by atoms with E-state index in [0.29, 0.717) is 12.0 Å². The molecule has 2 heteroatoms. The lowest BCUT2D eigenvalue weighted by Crippen LogP contribution is -2.51. The smallest absolute Gasteiger partial charge is 0.0745 e. The Morgan fingerprint density at radius 2 is 2.44 bits per heavy atom. The maximum absolute atomic E-state index is 8.56. The summed E-state index contributed by atoms with van der Waals surface area (Å²) in [6.45, 7) is 2.28. The van der Waals surface area contributed by atoms with Gasteiger partial charge in [0, 0.05) is 12.6 Å². The Morgan fingerprint density at radius 1 is 1.56 bits per heavy atom. The van der Waals surface area contributed by atoms with Crippen LogP contribution in [0.25, 0.3) is 0 Å². The number of hydrogen-bond donors (Lipinski definition) is 0. The van der Waals surface area contributed by atoms with Crippen LogP contribution in [0.1, 0.15) is 12.8 Å². The highest BCUT2D eigenvalue weighted by atomic mass is 15.2. The minimum absolute atomic E-state index is 0.368. The molecule has 2 aliphatic rings.